The summed E-state index contributed by atoms with van der Waals surface area (Å²) in [5.74, 6) is 0.755. The molecule has 1 heterocycles. The van der Waals surface area contributed by atoms with Crippen LogP contribution in [0.1, 0.15) is 24.5 Å². The summed E-state index contributed by atoms with van der Waals surface area (Å²) < 4.78 is 23.8. The van der Waals surface area contributed by atoms with Crippen LogP contribution in [0.15, 0.2) is 81.8 Å². The molecule has 1 aliphatic heterocycles. The Bertz CT molecular complexity index is 1350. The molecule has 4 rings (SSSR count). The highest BCUT2D eigenvalue weighted by atomic mass is 79.9. The fraction of sp³-hybridized carbons (Fsp3) is 0.185. The van der Waals surface area contributed by atoms with Crippen molar-refractivity contribution in [3.05, 3.63) is 87.3 Å². The summed E-state index contributed by atoms with van der Waals surface area (Å²) in [7, 11) is 0. The molecule has 2 amide bonds. The Hall–Kier alpha value is -3.74. The molecule has 3 aromatic carbocycles. The summed E-state index contributed by atoms with van der Waals surface area (Å²) in [6, 6.07) is 17.2. The first-order chi connectivity index (χ1) is 18.8. The molecule has 0 unspecified atom stereocenters. The molecular weight excluding hydrogens is 640 g/mol. The van der Waals surface area contributed by atoms with Crippen LogP contribution in [0.3, 0.4) is 0 Å². The van der Waals surface area contributed by atoms with Crippen LogP contribution in [0.2, 0.25) is 0 Å². The maximum Gasteiger partial charge on any atom is 0.412 e. The minimum absolute atomic E-state index is 0.0925. The summed E-state index contributed by atoms with van der Waals surface area (Å²) in [5, 5.41) is 22.3. The first-order valence-corrected chi connectivity index (χ1v) is 13.3. The van der Waals surface area contributed by atoms with E-state index < -0.39 is 24.2 Å². The number of nitrogens with one attached hydrogen (secondary N) is 2. The highest BCUT2D eigenvalue weighted by molar-refractivity contribution is 9.11. The number of allylic oxidation sites excluding steroid dienone is 1. The van der Waals surface area contributed by atoms with Gasteiger partial charge in [-0.25, -0.2) is 10.3 Å². The molecule has 4 N–H and O–H groups in total. The third-order valence-electron chi connectivity index (χ3n) is 5.58. The van der Waals surface area contributed by atoms with E-state index in [0.717, 1.165) is 0 Å². The molecular formula is C27H24Br2N2O8. The number of hydrogen-bond donors (Lipinski definition) is 4. The first-order valence-electron chi connectivity index (χ1n) is 11.7. The Morgan fingerprint density at radius 2 is 1.82 bits per heavy atom. The lowest BCUT2D eigenvalue weighted by Crippen LogP contribution is -2.31. The van der Waals surface area contributed by atoms with Gasteiger partial charge in [0.05, 0.1) is 4.47 Å². The molecule has 204 valence electrons. The Morgan fingerprint density at radius 3 is 2.59 bits per heavy atom. The third kappa shape index (κ3) is 7.65. The molecule has 12 heteroatoms. The van der Waals surface area contributed by atoms with E-state index in [4.69, 9.17) is 24.2 Å². The van der Waals surface area contributed by atoms with Crippen molar-refractivity contribution >= 4 is 49.5 Å². The van der Waals surface area contributed by atoms with Crippen LogP contribution in [-0.2, 0) is 9.53 Å². The predicted octanol–water partition coefficient (Wildman–Crippen LogP) is 6.23. The van der Waals surface area contributed by atoms with E-state index in [2.05, 4.69) is 37.2 Å². The van der Waals surface area contributed by atoms with Gasteiger partial charge in [-0.3, -0.25) is 15.3 Å². The smallest absolute Gasteiger partial charge is 0.412 e. The van der Waals surface area contributed by atoms with Gasteiger partial charge in [0.2, 0.25) is 6.79 Å². The molecule has 3 aromatic rings. The number of ether oxygens (including phenoxy) is 4. The molecule has 10 nitrogen and oxygen atoms in total. The number of anilines is 1. The largest absolute Gasteiger partial charge is 0.506 e. The monoisotopic (exact) mass is 662 g/mol. The quantitative estimate of drug-likeness (QED) is 0.114. The van der Waals surface area contributed by atoms with Crippen molar-refractivity contribution in [1.82, 2.24) is 5.48 Å². The van der Waals surface area contributed by atoms with Gasteiger partial charge in [-0.1, -0.05) is 40.2 Å². The Balaban J connectivity index is 1.64. The van der Waals surface area contributed by atoms with Crippen molar-refractivity contribution in [2.75, 3.05) is 12.1 Å². The van der Waals surface area contributed by atoms with Crippen LogP contribution in [-0.4, -0.2) is 35.2 Å². The number of benzene rings is 3. The second kappa shape index (κ2) is 13.4. The lowest BCUT2D eigenvalue weighted by atomic mass is 9.99. The number of phenols is 1. The highest BCUT2D eigenvalue weighted by Gasteiger charge is 2.32. The summed E-state index contributed by atoms with van der Waals surface area (Å²) in [5.41, 5.74) is 2.24. The second-order valence-electron chi connectivity index (χ2n) is 8.27. The van der Waals surface area contributed by atoms with Crippen molar-refractivity contribution in [2.45, 2.75) is 25.0 Å². The van der Waals surface area contributed by atoms with Crippen molar-refractivity contribution in [3.63, 3.8) is 0 Å². The zero-order valence-electron chi connectivity index (χ0n) is 20.3. The van der Waals surface area contributed by atoms with E-state index in [1.807, 2.05) is 6.07 Å². The molecule has 1 aliphatic rings. The molecule has 39 heavy (non-hydrogen) atoms. The third-order valence-corrected chi connectivity index (χ3v) is 6.65. The van der Waals surface area contributed by atoms with Crippen molar-refractivity contribution < 1.29 is 38.9 Å². The standard InChI is InChI=1S/C27H24Br2N2O8/c28-16-12-19(25(33)20(29)13-16)26(39-27(34)30-17-10-11-21-23(14-17)37-15-36-21)22(8-4-5-9-24(32)31-35)38-18-6-2-1-3-7-18/h1-3,5-7,9-14,22,26,33,35H,4,8,15H2,(H,30,34)(H,31,32)/b9-5+/t22-,26-/m1/s1. The van der Waals surface area contributed by atoms with E-state index in [1.54, 1.807) is 60.7 Å². The lowest BCUT2D eigenvalue weighted by molar-refractivity contribution is -0.124. The minimum atomic E-state index is -1.09. The SMILES string of the molecule is O=C(/C=C/CC[C@@H](Oc1ccccc1)[C@H](OC(=O)Nc1ccc2c(c1)OCO2)c1cc(Br)cc(Br)c1O)NO. The van der Waals surface area contributed by atoms with E-state index in [0.29, 0.717) is 38.3 Å². The number of fused-ring (bicyclic) bond motifs is 1. The van der Waals surface area contributed by atoms with Gasteiger partial charge in [0, 0.05) is 27.9 Å². The fourth-order valence-corrected chi connectivity index (χ4v) is 5.07. The van der Waals surface area contributed by atoms with Gasteiger partial charge in [-0.05, 0) is 65.2 Å². The lowest BCUT2D eigenvalue weighted by Gasteiger charge is -2.29. The number of aromatic hydroxyl groups is 1. The van der Waals surface area contributed by atoms with E-state index in [9.17, 15) is 14.7 Å². The Labute approximate surface area is 240 Å². The van der Waals surface area contributed by atoms with E-state index in [1.165, 1.54) is 11.6 Å². The number of para-hydroxylation sites is 1. The minimum Gasteiger partial charge on any atom is -0.506 e. The van der Waals surface area contributed by atoms with Crippen LogP contribution >= 0.6 is 31.9 Å². The maximum atomic E-state index is 13.1. The molecule has 0 bridgehead atoms. The number of amides is 2. The van der Waals surface area contributed by atoms with Crippen LogP contribution in [0.5, 0.6) is 23.0 Å². The first kappa shape index (κ1) is 28.3. The number of phenolic OH excluding ortho intramolecular Hbond substituents is 1. The number of hydrogen-bond acceptors (Lipinski definition) is 8. The number of halogens is 2. The number of rotatable bonds is 10. The summed E-state index contributed by atoms with van der Waals surface area (Å²) in [4.78, 5) is 24.5. The van der Waals surface area contributed by atoms with Crippen molar-refractivity contribution in [3.8, 4) is 23.0 Å². The summed E-state index contributed by atoms with van der Waals surface area (Å²) >= 11 is 6.76. The molecule has 0 fully saturated rings. The summed E-state index contributed by atoms with van der Waals surface area (Å²) in [6.07, 6.45) is 0.630. The molecule has 2 atom stereocenters. The average molecular weight is 664 g/mol. The average Bonchev–Trinajstić information content (AvgIpc) is 3.39. The van der Waals surface area contributed by atoms with Crippen molar-refractivity contribution in [2.24, 2.45) is 0 Å². The second-order valence-corrected chi connectivity index (χ2v) is 10.0. The van der Waals surface area contributed by atoms with Gasteiger partial charge >= 0.3 is 6.09 Å². The Kier molecular flexibility index (Phi) is 9.69. The summed E-state index contributed by atoms with van der Waals surface area (Å²) in [6.45, 7) is 0.0925. The zero-order chi connectivity index (χ0) is 27.8. The van der Waals surface area contributed by atoms with Gasteiger partial charge < -0.3 is 24.1 Å². The van der Waals surface area contributed by atoms with Crippen LogP contribution in [0, 0.1) is 0 Å². The highest BCUT2D eigenvalue weighted by Crippen LogP contribution is 2.40. The maximum absolute atomic E-state index is 13.1. The van der Waals surface area contributed by atoms with E-state index in [-0.39, 0.29) is 24.5 Å². The van der Waals surface area contributed by atoms with Gasteiger partial charge in [-0.2, -0.15) is 0 Å². The van der Waals surface area contributed by atoms with Crippen LogP contribution in [0.25, 0.3) is 0 Å². The van der Waals surface area contributed by atoms with Gasteiger partial charge in [-0.15, -0.1) is 0 Å². The number of hydroxylamine groups is 1. The molecule has 0 saturated carbocycles. The fourth-order valence-electron chi connectivity index (χ4n) is 3.81. The van der Waals surface area contributed by atoms with Crippen molar-refractivity contribution in [1.29, 1.82) is 0 Å². The van der Waals surface area contributed by atoms with Crippen LogP contribution in [0.4, 0.5) is 10.5 Å². The topological polar surface area (TPSA) is 136 Å². The molecule has 0 saturated heterocycles. The van der Waals surface area contributed by atoms with Crippen LogP contribution < -0.4 is 25.0 Å². The van der Waals surface area contributed by atoms with Gasteiger partial charge in [0.25, 0.3) is 5.91 Å². The van der Waals surface area contributed by atoms with Gasteiger partial charge in [0.1, 0.15) is 17.6 Å². The predicted molar refractivity (Wildman–Crippen MR) is 148 cm³/mol. The number of carbonyl (C=O) groups is 2. The van der Waals surface area contributed by atoms with Gasteiger partial charge in [0.15, 0.2) is 17.6 Å². The number of carbonyl (C=O) groups excluding carboxylic acids is 2. The Morgan fingerprint density at radius 1 is 1.05 bits per heavy atom. The normalized spacial score (nSPS) is 13.5. The molecule has 0 aliphatic carbocycles. The zero-order valence-corrected chi connectivity index (χ0v) is 23.5. The molecule has 0 spiro atoms. The van der Waals surface area contributed by atoms with E-state index >= 15 is 0 Å². The molecule has 0 radical (unpaired) electrons. The molecule has 0 aromatic heterocycles.